The topological polar surface area (TPSA) is 109 Å². The van der Waals surface area contributed by atoms with Crippen molar-refractivity contribution in [3.8, 4) is 5.75 Å². The molecule has 202 valence electrons. The van der Waals surface area contributed by atoms with Crippen molar-refractivity contribution in [2.75, 3.05) is 16.8 Å². The Balaban J connectivity index is 1.28. The Labute approximate surface area is 245 Å². The summed E-state index contributed by atoms with van der Waals surface area (Å²) in [4.78, 5) is 56.8. The molecule has 1 fully saturated rings. The minimum Gasteiger partial charge on any atom is -0.484 e. The SMILES string of the molecule is Cc1ccc(NC(=O)COc2cccc([C@H]3c4sc(=O)[nH]c4SC4C(=O)N(c5ccc(Br)cc5)C(=O)C43)c2)cc1. The van der Waals surface area contributed by atoms with Crippen molar-refractivity contribution in [1.82, 2.24) is 4.98 Å². The number of benzene rings is 3. The van der Waals surface area contributed by atoms with Crippen LogP contribution in [0, 0.1) is 12.8 Å². The highest BCUT2D eigenvalue weighted by Gasteiger charge is 2.56. The molecular weight excluding hydrogens is 614 g/mol. The van der Waals surface area contributed by atoms with Gasteiger partial charge >= 0.3 is 4.87 Å². The first-order chi connectivity index (χ1) is 19.3. The van der Waals surface area contributed by atoms with Gasteiger partial charge in [-0.25, -0.2) is 4.90 Å². The molecule has 3 heterocycles. The van der Waals surface area contributed by atoms with E-state index in [0.717, 1.165) is 26.9 Å². The molecule has 2 unspecified atom stereocenters. The van der Waals surface area contributed by atoms with Gasteiger partial charge in [0.2, 0.25) is 11.8 Å². The molecule has 0 bridgehead atoms. The molecule has 8 nitrogen and oxygen atoms in total. The standard InChI is InChI=1S/C29H22BrN3O5S2/c1-15-5-9-18(10-6-15)31-21(34)14-38-20-4-2-3-16(13-20)22-23-25(39-26-24(22)40-29(37)32-26)28(36)33(27(23)35)19-11-7-17(30)8-12-19/h2-13,22-23,25H,14H2,1H3,(H,31,34)(H,32,37)/t22-,23?,25?/m1/s1. The van der Waals surface area contributed by atoms with Crippen molar-refractivity contribution in [3.63, 3.8) is 0 Å². The first kappa shape index (κ1) is 26.5. The number of ether oxygens (including phenoxy) is 1. The third kappa shape index (κ3) is 5.00. The third-order valence-electron chi connectivity index (χ3n) is 6.83. The van der Waals surface area contributed by atoms with E-state index in [2.05, 4.69) is 26.2 Å². The summed E-state index contributed by atoms with van der Waals surface area (Å²) in [7, 11) is 0. The average molecular weight is 637 g/mol. The van der Waals surface area contributed by atoms with E-state index in [9.17, 15) is 19.2 Å². The molecule has 2 aliphatic heterocycles. The zero-order valence-corrected chi connectivity index (χ0v) is 24.3. The Morgan fingerprint density at radius 2 is 1.77 bits per heavy atom. The maximum atomic E-state index is 13.8. The Morgan fingerprint density at radius 1 is 1.02 bits per heavy atom. The summed E-state index contributed by atoms with van der Waals surface area (Å²) in [6.45, 7) is 1.76. The Kier molecular flexibility index (Phi) is 7.11. The number of hydrogen-bond acceptors (Lipinski definition) is 7. The van der Waals surface area contributed by atoms with E-state index < -0.39 is 17.1 Å². The van der Waals surface area contributed by atoms with E-state index in [1.807, 2.05) is 37.3 Å². The van der Waals surface area contributed by atoms with Crippen LogP contribution in [0.5, 0.6) is 5.75 Å². The van der Waals surface area contributed by atoms with Gasteiger partial charge in [-0.3, -0.25) is 19.2 Å². The van der Waals surface area contributed by atoms with Gasteiger partial charge in [0.1, 0.15) is 11.0 Å². The van der Waals surface area contributed by atoms with Crippen LogP contribution in [0.1, 0.15) is 21.9 Å². The minimum absolute atomic E-state index is 0.207. The number of nitrogens with one attached hydrogen (secondary N) is 2. The summed E-state index contributed by atoms with van der Waals surface area (Å²) < 4.78 is 6.64. The van der Waals surface area contributed by atoms with Gasteiger partial charge in [0, 0.05) is 21.0 Å². The number of carbonyl (C=O) groups is 3. The summed E-state index contributed by atoms with van der Waals surface area (Å²) >= 11 is 5.67. The number of imide groups is 1. The molecule has 0 aliphatic carbocycles. The maximum Gasteiger partial charge on any atom is 0.305 e. The molecular formula is C29H22BrN3O5S2. The number of H-pyrrole nitrogens is 1. The fourth-order valence-corrected chi connectivity index (χ4v) is 7.78. The molecule has 40 heavy (non-hydrogen) atoms. The van der Waals surface area contributed by atoms with Gasteiger partial charge in [-0.1, -0.05) is 68.9 Å². The summed E-state index contributed by atoms with van der Waals surface area (Å²) in [5, 5.41) is 2.71. The highest BCUT2D eigenvalue weighted by atomic mass is 79.9. The first-order valence-corrected chi connectivity index (χ1v) is 14.9. The number of thiazole rings is 1. The fourth-order valence-electron chi connectivity index (χ4n) is 5.00. The van der Waals surface area contributed by atoms with Gasteiger partial charge < -0.3 is 15.0 Å². The lowest BCUT2D eigenvalue weighted by molar-refractivity contribution is -0.122. The fraction of sp³-hybridized carbons (Fsp3) is 0.172. The van der Waals surface area contributed by atoms with Crippen LogP contribution in [-0.4, -0.2) is 34.6 Å². The van der Waals surface area contributed by atoms with Gasteiger partial charge in [0.25, 0.3) is 5.91 Å². The Hall–Kier alpha value is -3.67. The van der Waals surface area contributed by atoms with Crippen molar-refractivity contribution >= 4 is 68.1 Å². The number of halogens is 1. The van der Waals surface area contributed by atoms with Crippen LogP contribution in [-0.2, 0) is 14.4 Å². The number of carbonyl (C=O) groups excluding carboxylic acids is 3. The number of aromatic amines is 1. The normalized spacial score (nSPS) is 19.8. The zero-order valence-electron chi connectivity index (χ0n) is 21.1. The molecule has 3 aromatic carbocycles. The number of nitrogens with zero attached hydrogens (tertiary/aromatic N) is 1. The smallest absolute Gasteiger partial charge is 0.305 e. The lowest BCUT2D eigenvalue weighted by Gasteiger charge is -2.30. The van der Waals surface area contributed by atoms with Crippen molar-refractivity contribution in [3.05, 3.63) is 103 Å². The van der Waals surface area contributed by atoms with Crippen molar-refractivity contribution in [2.45, 2.75) is 23.1 Å². The molecule has 1 saturated heterocycles. The lowest BCUT2D eigenvalue weighted by Crippen LogP contribution is -2.32. The van der Waals surface area contributed by atoms with E-state index in [4.69, 9.17) is 4.74 Å². The minimum atomic E-state index is -0.708. The molecule has 1 aromatic heterocycles. The van der Waals surface area contributed by atoms with Crippen molar-refractivity contribution in [1.29, 1.82) is 0 Å². The number of thioether (sulfide) groups is 1. The van der Waals surface area contributed by atoms with E-state index in [-0.39, 0.29) is 29.2 Å². The van der Waals surface area contributed by atoms with E-state index in [0.29, 0.717) is 27.0 Å². The molecule has 3 atom stereocenters. The molecule has 0 spiro atoms. The highest BCUT2D eigenvalue weighted by molar-refractivity contribution is 9.10. The van der Waals surface area contributed by atoms with E-state index in [1.165, 1.54) is 16.7 Å². The van der Waals surface area contributed by atoms with Crippen molar-refractivity contribution < 1.29 is 19.1 Å². The highest BCUT2D eigenvalue weighted by Crippen LogP contribution is 2.53. The average Bonchev–Trinajstić information content (AvgIpc) is 3.43. The van der Waals surface area contributed by atoms with Crippen LogP contribution in [0.25, 0.3) is 0 Å². The molecule has 2 aliphatic rings. The Morgan fingerprint density at radius 3 is 2.52 bits per heavy atom. The van der Waals surface area contributed by atoms with E-state index >= 15 is 0 Å². The maximum absolute atomic E-state index is 13.8. The van der Waals surface area contributed by atoms with Crippen LogP contribution in [0.2, 0.25) is 0 Å². The van der Waals surface area contributed by atoms with Gasteiger partial charge in [-0.15, -0.1) is 0 Å². The molecule has 11 heteroatoms. The summed E-state index contributed by atoms with van der Waals surface area (Å²) in [6.07, 6.45) is 0. The number of rotatable bonds is 6. The summed E-state index contributed by atoms with van der Waals surface area (Å²) in [5.74, 6) is -1.74. The molecule has 0 radical (unpaired) electrons. The van der Waals surface area contributed by atoms with Crippen LogP contribution >= 0.6 is 39.0 Å². The summed E-state index contributed by atoms with van der Waals surface area (Å²) in [5.41, 5.74) is 2.99. The largest absolute Gasteiger partial charge is 0.484 e. The predicted molar refractivity (Wildman–Crippen MR) is 158 cm³/mol. The molecule has 0 saturated carbocycles. The summed E-state index contributed by atoms with van der Waals surface area (Å²) in [6, 6.07) is 21.6. The molecule has 2 N–H and O–H groups in total. The lowest BCUT2D eigenvalue weighted by atomic mass is 9.83. The van der Waals surface area contributed by atoms with Crippen LogP contribution in [0.4, 0.5) is 11.4 Å². The number of aromatic nitrogens is 1. The number of hydrogen-bond donors (Lipinski definition) is 2. The Bertz CT molecular complexity index is 1680. The number of amides is 3. The molecule has 3 amide bonds. The molecule has 4 aromatic rings. The van der Waals surface area contributed by atoms with Crippen molar-refractivity contribution in [2.24, 2.45) is 5.92 Å². The van der Waals surface area contributed by atoms with Gasteiger partial charge in [0.15, 0.2) is 6.61 Å². The number of anilines is 2. The first-order valence-electron chi connectivity index (χ1n) is 12.4. The monoisotopic (exact) mass is 635 g/mol. The quantitative estimate of drug-likeness (QED) is 0.278. The number of fused-ring (bicyclic) bond motifs is 2. The van der Waals surface area contributed by atoms with E-state index in [1.54, 1.807) is 42.5 Å². The third-order valence-corrected chi connectivity index (χ3v) is 9.76. The van der Waals surface area contributed by atoms with Crippen LogP contribution in [0.3, 0.4) is 0 Å². The second-order valence-electron chi connectivity index (χ2n) is 9.51. The van der Waals surface area contributed by atoms with Gasteiger partial charge in [-0.05, 0) is 61.0 Å². The van der Waals surface area contributed by atoms with Crippen LogP contribution in [0.15, 0.2) is 87.1 Å². The molecule has 6 rings (SSSR count). The van der Waals surface area contributed by atoms with Gasteiger partial charge in [-0.2, -0.15) is 0 Å². The zero-order chi connectivity index (χ0) is 28.0. The predicted octanol–water partition coefficient (Wildman–Crippen LogP) is 5.32. The number of aryl methyl sites for hydroxylation is 1. The van der Waals surface area contributed by atoms with Gasteiger partial charge in [0.05, 0.1) is 16.6 Å². The second-order valence-corrected chi connectivity index (χ2v) is 12.6. The van der Waals surface area contributed by atoms with Crippen LogP contribution < -0.4 is 19.8 Å². The second kappa shape index (κ2) is 10.7.